The van der Waals surface area contributed by atoms with Crippen LogP contribution in [0.5, 0.6) is 0 Å². The Kier molecular flexibility index (Phi) is 5.25. The standard InChI is InChI=1S/C13H21N5O2/c1-3-4-5-19-6-7-20-9-11-16-12(14)10-8-15-18(2)13(10)17-11/h8H,3-7,9H2,1-2H3,(H2,14,16,17). The zero-order valence-corrected chi connectivity index (χ0v) is 12.0. The maximum atomic E-state index is 5.87. The lowest BCUT2D eigenvalue weighted by Crippen LogP contribution is -2.08. The second kappa shape index (κ2) is 7.16. The van der Waals surface area contributed by atoms with Gasteiger partial charge in [0.25, 0.3) is 0 Å². The van der Waals surface area contributed by atoms with Gasteiger partial charge in [0.1, 0.15) is 12.4 Å². The fourth-order valence-electron chi connectivity index (χ4n) is 1.79. The van der Waals surface area contributed by atoms with Crippen LogP contribution in [0.15, 0.2) is 6.20 Å². The summed E-state index contributed by atoms with van der Waals surface area (Å²) >= 11 is 0. The number of rotatable bonds is 8. The molecule has 0 atom stereocenters. The third kappa shape index (κ3) is 3.64. The molecule has 0 aliphatic rings. The van der Waals surface area contributed by atoms with Gasteiger partial charge in [0.15, 0.2) is 11.5 Å². The van der Waals surface area contributed by atoms with Crippen molar-refractivity contribution in [1.82, 2.24) is 19.7 Å². The van der Waals surface area contributed by atoms with Crippen molar-refractivity contribution in [2.75, 3.05) is 25.6 Å². The number of hydrogen-bond acceptors (Lipinski definition) is 6. The predicted octanol–water partition coefficient (Wildman–Crippen LogP) is 1.28. The van der Waals surface area contributed by atoms with Gasteiger partial charge in [0.05, 0.1) is 24.8 Å². The molecule has 2 aromatic heterocycles. The molecule has 20 heavy (non-hydrogen) atoms. The lowest BCUT2D eigenvalue weighted by molar-refractivity contribution is 0.0375. The molecule has 2 heterocycles. The van der Waals surface area contributed by atoms with Crippen LogP contribution in [0, 0.1) is 0 Å². The molecule has 2 aromatic rings. The normalized spacial score (nSPS) is 11.3. The Balaban J connectivity index is 1.83. The summed E-state index contributed by atoms with van der Waals surface area (Å²) in [7, 11) is 1.82. The molecule has 2 rings (SSSR count). The van der Waals surface area contributed by atoms with Crippen molar-refractivity contribution in [3.8, 4) is 0 Å². The number of aromatic nitrogens is 4. The molecule has 0 saturated carbocycles. The van der Waals surface area contributed by atoms with Crippen LogP contribution < -0.4 is 5.73 Å². The molecule has 0 saturated heterocycles. The Morgan fingerprint density at radius 1 is 1.20 bits per heavy atom. The van der Waals surface area contributed by atoms with Gasteiger partial charge in [-0.25, -0.2) is 9.97 Å². The molecule has 0 fully saturated rings. The molecular formula is C13H21N5O2. The lowest BCUT2D eigenvalue weighted by Gasteiger charge is -2.06. The number of anilines is 1. The highest BCUT2D eigenvalue weighted by Gasteiger charge is 2.09. The van der Waals surface area contributed by atoms with E-state index >= 15 is 0 Å². The van der Waals surface area contributed by atoms with Crippen LogP contribution in [0.25, 0.3) is 11.0 Å². The van der Waals surface area contributed by atoms with Crippen LogP contribution in [-0.2, 0) is 23.1 Å². The summed E-state index contributed by atoms with van der Waals surface area (Å²) in [6.07, 6.45) is 3.88. The third-order valence-corrected chi connectivity index (χ3v) is 2.91. The number of nitrogens with zero attached hydrogens (tertiary/aromatic N) is 4. The van der Waals surface area contributed by atoms with E-state index in [4.69, 9.17) is 15.2 Å². The molecule has 110 valence electrons. The van der Waals surface area contributed by atoms with Crippen LogP contribution in [0.4, 0.5) is 5.82 Å². The Hall–Kier alpha value is -1.73. The average Bonchev–Trinajstić information content (AvgIpc) is 2.80. The molecule has 0 amide bonds. The van der Waals surface area contributed by atoms with Crippen molar-refractivity contribution >= 4 is 16.9 Å². The molecule has 0 bridgehead atoms. The molecule has 0 spiro atoms. The first-order valence-electron chi connectivity index (χ1n) is 6.82. The smallest absolute Gasteiger partial charge is 0.163 e. The Labute approximate surface area is 118 Å². The van der Waals surface area contributed by atoms with E-state index in [-0.39, 0.29) is 0 Å². The highest BCUT2D eigenvalue weighted by molar-refractivity contribution is 5.84. The minimum absolute atomic E-state index is 0.322. The SMILES string of the molecule is CCCCOCCOCc1nc(N)c2cnn(C)c2n1. The minimum atomic E-state index is 0.322. The zero-order chi connectivity index (χ0) is 14.4. The van der Waals surface area contributed by atoms with Crippen LogP contribution >= 0.6 is 0 Å². The minimum Gasteiger partial charge on any atom is -0.383 e. The maximum absolute atomic E-state index is 5.87. The first-order chi connectivity index (χ1) is 9.72. The Bertz CT molecular complexity index is 555. The summed E-state index contributed by atoms with van der Waals surface area (Å²) in [4.78, 5) is 8.60. The first kappa shape index (κ1) is 14.7. The number of hydrogen-bond donors (Lipinski definition) is 1. The lowest BCUT2D eigenvalue weighted by atomic mass is 10.4. The largest absolute Gasteiger partial charge is 0.383 e. The van der Waals surface area contributed by atoms with Gasteiger partial charge in [-0.2, -0.15) is 5.10 Å². The van der Waals surface area contributed by atoms with E-state index in [1.54, 1.807) is 10.9 Å². The van der Waals surface area contributed by atoms with E-state index in [1.165, 1.54) is 0 Å². The molecule has 7 heteroatoms. The van der Waals surface area contributed by atoms with E-state index in [1.807, 2.05) is 7.05 Å². The second-order valence-electron chi connectivity index (χ2n) is 4.55. The summed E-state index contributed by atoms with van der Waals surface area (Å²) in [5, 5.41) is 4.87. The summed E-state index contributed by atoms with van der Waals surface area (Å²) in [5.41, 5.74) is 6.59. The molecule has 0 radical (unpaired) electrons. The van der Waals surface area contributed by atoms with E-state index in [2.05, 4.69) is 22.0 Å². The number of unbranched alkanes of at least 4 members (excludes halogenated alkanes) is 1. The van der Waals surface area contributed by atoms with Gasteiger partial charge in [-0.1, -0.05) is 13.3 Å². The zero-order valence-electron chi connectivity index (χ0n) is 12.0. The summed E-state index contributed by atoms with van der Waals surface area (Å²) in [6.45, 7) is 4.35. The van der Waals surface area contributed by atoms with Gasteiger partial charge in [-0.3, -0.25) is 4.68 Å². The number of fused-ring (bicyclic) bond motifs is 1. The van der Waals surface area contributed by atoms with E-state index in [0.29, 0.717) is 31.5 Å². The van der Waals surface area contributed by atoms with Crippen molar-refractivity contribution in [3.63, 3.8) is 0 Å². The number of ether oxygens (including phenoxy) is 2. The van der Waals surface area contributed by atoms with Crippen LogP contribution in [0.2, 0.25) is 0 Å². The highest BCUT2D eigenvalue weighted by atomic mass is 16.5. The van der Waals surface area contributed by atoms with Gasteiger partial charge in [0.2, 0.25) is 0 Å². The van der Waals surface area contributed by atoms with Crippen molar-refractivity contribution in [3.05, 3.63) is 12.0 Å². The monoisotopic (exact) mass is 279 g/mol. The Morgan fingerprint density at radius 2 is 2.00 bits per heavy atom. The van der Waals surface area contributed by atoms with Crippen LogP contribution in [0.1, 0.15) is 25.6 Å². The van der Waals surface area contributed by atoms with Crippen LogP contribution in [0.3, 0.4) is 0 Å². The molecule has 0 aromatic carbocycles. The topological polar surface area (TPSA) is 88.1 Å². The fraction of sp³-hybridized carbons (Fsp3) is 0.615. The van der Waals surface area contributed by atoms with Crippen molar-refractivity contribution < 1.29 is 9.47 Å². The third-order valence-electron chi connectivity index (χ3n) is 2.91. The maximum Gasteiger partial charge on any atom is 0.163 e. The van der Waals surface area contributed by atoms with E-state index < -0.39 is 0 Å². The molecule has 2 N–H and O–H groups in total. The van der Waals surface area contributed by atoms with Crippen molar-refractivity contribution in [2.24, 2.45) is 7.05 Å². The molecule has 0 unspecified atom stereocenters. The molecule has 0 aliphatic heterocycles. The number of nitrogen functional groups attached to an aromatic ring is 1. The van der Waals surface area contributed by atoms with Gasteiger partial charge < -0.3 is 15.2 Å². The van der Waals surface area contributed by atoms with E-state index in [0.717, 1.165) is 30.5 Å². The van der Waals surface area contributed by atoms with E-state index in [9.17, 15) is 0 Å². The predicted molar refractivity (Wildman–Crippen MR) is 76.1 cm³/mol. The van der Waals surface area contributed by atoms with Crippen molar-refractivity contribution in [1.29, 1.82) is 0 Å². The van der Waals surface area contributed by atoms with Crippen molar-refractivity contribution in [2.45, 2.75) is 26.4 Å². The van der Waals surface area contributed by atoms with Gasteiger partial charge >= 0.3 is 0 Å². The summed E-state index contributed by atoms with van der Waals surface area (Å²) in [6, 6.07) is 0. The quantitative estimate of drug-likeness (QED) is 0.732. The number of aryl methyl sites for hydroxylation is 1. The first-order valence-corrected chi connectivity index (χ1v) is 6.82. The van der Waals surface area contributed by atoms with Gasteiger partial charge in [0, 0.05) is 13.7 Å². The summed E-state index contributed by atoms with van der Waals surface area (Å²) < 4.78 is 12.6. The fourth-order valence-corrected chi connectivity index (χ4v) is 1.79. The van der Waals surface area contributed by atoms with Gasteiger partial charge in [-0.05, 0) is 6.42 Å². The summed E-state index contributed by atoms with van der Waals surface area (Å²) in [5.74, 6) is 0.994. The molecule has 7 nitrogen and oxygen atoms in total. The van der Waals surface area contributed by atoms with Gasteiger partial charge in [-0.15, -0.1) is 0 Å². The molecule has 0 aliphatic carbocycles. The van der Waals surface area contributed by atoms with Crippen LogP contribution in [-0.4, -0.2) is 39.6 Å². The molecular weight excluding hydrogens is 258 g/mol. The highest BCUT2D eigenvalue weighted by Crippen LogP contribution is 2.16. The average molecular weight is 279 g/mol. The number of nitrogens with two attached hydrogens (primary N) is 1. The Morgan fingerprint density at radius 3 is 2.80 bits per heavy atom. The second-order valence-corrected chi connectivity index (χ2v) is 4.55.